The minimum atomic E-state index is -1.91. The fourth-order valence-electron chi connectivity index (χ4n) is 7.13. The number of allylic oxidation sites excluding steroid dienone is 4. The van der Waals surface area contributed by atoms with E-state index in [0.29, 0.717) is 0 Å². The third-order valence-corrected chi connectivity index (χ3v) is 23.2. The summed E-state index contributed by atoms with van der Waals surface area (Å²) in [4.78, 5) is 0. The Bertz CT molecular complexity index is 973. The van der Waals surface area contributed by atoms with Crippen LogP contribution in [0.25, 0.3) is 0 Å². The first-order valence-electron chi connectivity index (χ1n) is 16.2. The summed E-state index contributed by atoms with van der Waals surface area (Å²) in [7, 11) is -3.83. The van der Waals surface area contributed by atoms with Gasteiger partial charge < -0.3 is 24.8 Å². The third-order valence-electron chi connectivity index (χ3n) is 11.1. The average molecular weight is 717 g/mol. The van der Waals surface area contributed by atoms with E-state index in [4.69, 9.17) is 8.85 Å². The molecule has 0 spiro atoms. The molecule has 0 N–H and O–H groups in total. The fraction of sp³-hybridized carbons (Fsp3) is 0.765. The van der Waals surface area contributed by atoms with Gasteiger partial charge in [-0.05, 0) is 0 Å². The zero-order valence-corrected chi connectivity index (χ0v) is 33.8. The summed E-state index contributed by atoms with van der Waals surface area (Å²) in [6, 6.07) is 0. The van der Waals surface area contributed by atoms with E-state index in [0.717, 1.165) is 0 Å². The Morgan fingerprint density at radius 2 is 1.00 bits per heavy atom. The molecule has 0 unspecified atom stereocenters. The van der Waals surface area contributed by atoms with Crippen LogP contribution in [0.4, 0.5) is 0 Å². The first-order chi connectivity index (χ1) is 18.2. The maximum absolute atomic E-state index is 7.43. The van der Waals surface area contributed by atoms with Crippen LogP contribution < -0.4 is 24.8 Å². The molecule has 0 aromatic carbocycles. The molecule has 0 fully saturated rings. The molecule has 0 aromatic rings. The second kappa shape index (κ2) is 14.9. The Morgan fingerprint density at radius 1 is 0.659 bits per heavy atom. The van der Waals surface area contributed by atoms with Crippen LogP contribution in [0.3, 0.4) is 0 Å². The summed E-state index contributed by atoms with van der Waals surface area (Å²) in [5.74, 6) is 0. The average Bonchev–Trinajstić information content (AvgIpc) is 3.36. The van der Waals surface area contributed by atoms with E-state index in [-0.39, 0.29) is 47.1 Å². The summed E-state index contributed by atoms with van der Waals surface area (Å²) in [6.45, 7) is 24.6. The van der Waals surface area contributed by atoms with Crippen molar-refractivity contribution in [3.63, 3.8) is 0 Å². The monoisotopic (exact) mass is 714 g/mol. The maximum atomic E-state index is 7.43. The molecule has 0 radical (unpaired) electrons. The largest absolute Gasteiger partial charge is 1.00 e. The van der Waals surface area contributed by atoms with Gasteiger partial charge in [0.1, 0.15) is 0 Å². The van der Waals surface area contributed by atoms with E-state index in [9.17, 15) is 0 Å². The Morgan fingerprint density at radius 3 is 1.34 bits per heavy atom. The van der Waals surface area contributed by atoms with Crippen LogP contribution in [-0.4, -0.2) is 28.8 Å². The van der Waals surface area contributed by atoms with E-state index in [2.05, 4.69) is 79.9 Å². The molecular formula is C34H58Cl2O2Si2Zr. The molecule has 2 atom stereocenters. The van der Waals surface area contributed by atoms with Gasteiger partial charge in [0.05, 0.1) is 0 Å². The van der Waals surface area contributed by atoms with E-state index in [1.54, 1.807) is 28.9 Å². The molecule has 0 saturated heterocycles. The van der Waals surface area contributed by atoms with Gasteiger partial charge in [0.2, 0.25) is 0 Å². The minimum Gasteiger partial charge on any atom is -1.00 e. The maximum Gasteiger partial charge on any atom is -1.00 e. The van der Waals surface area contributed by atoms with Crippen molar-refractivity contribution >= 4 is 16.6 Å². The van der Waals surface area contributed by atoms with Crippen molar-refractivity contribution in [2.24, 2.45) is 0 Å². The predicted molar refractivity (Wildman–Crippen MR) is 170 cm³/mol. The van der Waals surface area contributed by atoms with Crippen LogP contribution in [0.1, 0.15) is 119 Å². The smallest absolute Gasteiger partial charge is 1.00 e. The van der Waals surface area contributed by atoms with E-state index < -0.39 is 39.9 Å². The SMILES string of the molecule is CCCC(C)(C)[Si](C)(C)O[C@@H]1[C]([Zr+2][C]2=CC3=C(CCCC3)[C@H]2O[Si](C)(C)C(C)(C)CCC)=CC2=C1CCCC2.[Cl-].[Cl-]. The van der Waals surface area contributed by atoms with Gasteiger partial charge in [-0.1, -0.05) is 0 Å². The molecule has 0 bridgehead atoms. The van der Waals surface area contributed by atoms with Gasteiger partial charge in [-0.3, -0.25) is 0 Å². The van der Waals surface area contributed by atoms with Crippen LogP contribution in [-0.2, 0) is 32.1 Å². The van der Waals surface area contributed by atoms with Crippen molar-refractivity contribution in [1.82, 2.24) is 0 Å². The van der Waals surface area contributed by atoms with Gasteiger partial charge in [-0.25, -0.2) is 0 Å². The molecule has 0 saturated carbocycles. The Hall–Kier alpha value is 0.777. The normalized spacial score (nSPS) is 23.3. The molecule has 4 rings (SSSR count). The summed E-state index contributed by atoms with van der Waals surface area (Å²) < 4.78 is 18.3. The van der Waals surface area contributed by atoms with Gasteiger partial charge >= 0.3 is 257 Å². The first-order valence-corrected chi connectivity index (χ1v) is 24.5. The molecule has 41 heavy (non-hydrogen) atoms. The minimum absolute atomic E-state index is 0. The second-order valence-electron chi connectivity index (χ2n) is 15.1. The number of hydrogen-bond donors (Lipinski definition) is 0. The molecular weight excluding hydrogens is 659 g/mol. The predicted octanol–water partition coefficient (Wildman–Crippen LogP) is 4.95. The summed E-state index contributed by atoms with van der Waals surface area (Å²) in [6.07, 6.45) is 21.2. The molecule has 0 aromatic heterocycles. The zero-order chi connectivity index (χ0) is 28.6. The Kier molecular flexibility index (Phi) is 13.8. The van der Waals surface area contributed by atoms with Crippen molar-refractivity contribution in [3.05, 3.63) is 41.0 Å². The summed E-state index contributed by atoms with van der Waals surface area (Å²) in [5.41, 5.74) is 6.62. The standard InChI is InChI=1S/2C17H29OSi.2ClH.Zr/c2*1-6-13-17(2,3)19(4,5)18-16-12-11-14-9-7-8-10-15(14)16;;;/h2*11,16H,6-10,13H2,1-5H3;2*1H;/q;;;;+2/p-2/t2*16-;;;/m10.../s1. The number of hydrogen-bond acceptors (Lipinski definition) is 2. The van der Waals surface area contributed by atoms with Crippen LogP contribution >= 0.6 is 0 Å². The van der Waals surface area contributed by atoms with Gasteiger partial charge in [0.25, 0.3) is 0 Å². The van der Waals surface area contributed by atoms with E-state index in [1.165, 1.54) is 77.0 Å². The molecule has 0 aliphatic heterocycles. The van der Waals surface area contributed by atoms with Crippen molar-refractivity contribution in [2.75, 3.05) is 0 Å². The van der Waals surface area contributed by atoms with Crippen molar-refractivity contribution in [2.45, 2.75) is 167 Å². The molecule has 7 heteroatoms. The number of rotatable bonds is 12. The summed E-state index contributed by atoms with van der Waals surface area (Å²) in [5, 5.41) is 0.574. The fourth-order valence-corrected chi connectivity index (χ4v) is 15.6. The van der Waals surface area contributed by atoms with Gasteiger partial charge in [-0.15, -0.1) is 0 Å². The number of halogens is 2. The Labute approximate surface area is 279 Å². The van der Waals surface area contributed by atoms with Crippen molar-refractivity contribution < 1.29 is 56.9 Å². The Balaban J connectivity index is 0.00000294. The molecule has 4 aliphatic carbocycles. The van der Waals surface area contributed by atoms with Crippen LogP contribution in [0.2, 0.25) is 36.3 Å². The van der Waals surface area contributed by atoms with E-state index >= 15 is 0 Å². The van der Waals surface area contributed by atoms with E-state index in [1.807, 2.05) is 0 Å². The third kappa shape index (κ3) is 8.14. The van der Waals surface area contributed by atoms with Gasteiger partial charge in [-0.2, -0.15) is 0 Å². The zero-order valence-electron chi connectivity index (χ0n) is 27.9. The molecule has 2 nitrogen and oxygen atoms in total. The first kappa shape index (κ1) is 38.0. The van der Waals surface area contributed by atoms with Crippen LogP contribution in [0.15, 0.2) is 41.0 Å². The molecule has 232 valence electrons. The van der Waals surface area contributed by atoms with Gasteiger partial charge in [0.15, 0.2) is 0 Å². The second-order valence-corrected chi connectivity index (χ2v) is 27.8. The van der Waals surface area contributed by atoms with Crippen LogP contribution in [0.5, 0.6) is 0 Å². The molecule has 0 amide bonds. The quantitative estimate of drug-likeness (QED) is 0.267. The summed E-state index contributed by atoms with van der Waals surface area (Å²) >= 11 is -1.03. The molecule has 4 aliphatic rings. The van der Waals surface area contributed by atoms with Gasteiger partial charge in [0, 0.05) is 0 Å². The molecule has 0 heterocycles. The van der Waals surface area contributed by atoms with Crippen LogP contribution in [0, 0.1) is 0 Å². The van der Waals surface area contributed by atoms with Crippen molar-refractivity contribution in [3.8, 4) is 0 Å². The van der Waals surface area contributed by atoms with Crippen molar-refractivity contribution in [1.29, 1.82) is 0 Å². The topological polar surface area (TPSA) is 18.5 Å².